The van der Waals surface area contributed by atoms with Gasteiger partial charge in [0.05, 0.1) is 50.4 Å². The monoisotopic (exact) mass is 569 g/mol. The topological polar surface area (TPSA) is 134 Å². The summed E-state index contributed by atoms with van der Waals surface area (Å²) in [5.41, 5.74) is 3.72. The summed E-state index contributed by atoms with van der Waals surface area (Å²) in [5, 5.41) is 22.3. The number of carbonyl (C=O) groups is 1. The highest BCUT2D eigenvalue weighted by Crippen LogP contribution is 2.38. The minimum absolute atomic E-state index is 0.0143. The molecule has 39 heavy (non-hydrogen) atoms. The standard InChI is InChI=1S/C26H24ClN5O6S/c1-37-19-6-3-17(25(13-19)38-2)14-28-23-15-29-30-22-11-16(4-7-20(22)23)21-12-18(27)5-8-24(21)31-9-10-32(26(33)34)39(31,35)36/h3-8,11-13,15H,9-10,14H2,1-2H3,(H,28,30)(H,33,34). The van der Waals surface area contributed by atoms with Crippen molar-refractivity contribution in [1.29, 1.82) is 0 Å². The average Bonchev–Trinajstić information content (AvgIpc) is 3.25. The normalized spacial score (nSPS) is 14.4. The number of anilines is 2. The molecule has 2 N–H and O–H groups in total. The van der Waals surface area contributed by atoms with Gasteiger partial charge in [-0.2, -0.15) is 22.9 Å². The van der Waals surface area contributed by atoms with Crippen molar-refractivity contribution in [3.05, 3.63) is 71.4 Å². The fourth-order valence-corrected chi connectivity index (χ4v) is 6.12. The third-order valence-corrected chi connectivity index (χ3v) is 8.49. The van der Waals surface area contributed by atoms with E-state index in [2.05, 4.69) is 15.5 Å². The first-order chi connectivity index (χ1) is 18.7. The first-order valence-corrected chi connectivity index (χ1v) is 13.5. The summed E-state index contributed by atoms with van der Waals surface area (Å²) in [6, 6.07) is 15.8. The number of benzene rings is 3. The molecule has 11 nitrogen and oxygen atoms in total. The minimum atomic E-state index is -4.25. The summed E-state index contributed by atoms with van der Waals surface area (Å²) in [6.45, 7) is 0.275. The summed E-state index contributed by atoms with van der Waals surface area (Å²) in [4.78, 5) is 11.5. The third-order valence-electron chi connectivity index (χ3n) is 6.42. The van der Waals surface area contributed by atoms with Gasteiger partial charge in [-0.25, -0.2) is 4.79 Å². The molecule has 1 fully saturated rings. The number of hydrogen-bond acceptors (Lipinski definition) is 8. The molecule has 202 valence electrons. The van der Waals surface area contributed by atoms with Crippen LogP contribution < -0.4 is 19.1 Å². The Morgan fingerprint density at radius 3 is 2.62 bits per heavy atom. The van der Waals surface area contributed by atoms with Crippen LogP contribution >= 0.6 is 11.6 Å². The summed E-state index contributed by atoms with van der Waals surface area (Å²) in [6.07, 6.45) is 0.0985. The van der Waals surface area contributed by atoms with Crippen molar-refractivity contribution in [2.45, 2.75) is 6.54 Å². The molecule has 0 spiro atoms. The van der Waals surface area contributed by atoms with Gasteiger partial charge in [-0.05, 0) is 48.0 Å². The number of carboxylic acid groups (broad SMARTS) is 1. The van der Waals surface area contributed by atoms with E-state index in [0.717, 1.165) is 20.9 Å². The molecule has 0 saturated carbocycles. The van der Waals surface area contributed by atoms with Crippen molar-refractivity contribution >= 4 is 50.2 Å². The van der Waals surface area contributed by atoms with Crippen LogP contribution in [0.15, 0.2) is 60.8 Å². The number of methoxy groups -OCH3 is 2. The number of amides is 1. The highest BCUT2D eigenvalue weighted by molar-refractivity contribution is 7.91. The molecule has 13 heteroatoms. The van der Waals surface area contributed by atoms with Gasteiger partial charge in [-0.3, -0.25) is 4.31 Å². The molecule has 0 aliphatic carbocycles. The highest BCUT2D eigenvalue weighted by Gasteiger charge is 2.41. The van der Waals surface area contributed by atoms with Gasteiger partial charge in [0.25, 0.3) is 0 Å². The molecule has 1 aliphatic rings. The second kappa shape index (κ2) is 10.5. The first kappa shape index (κ1) is 26.3. The van der Waals surface area contributed by atoms with Crippen molar-refractivity contribution in [1.82, 2.24) is 14.5 Å². The number of fused-ring (bicyclic) bond motifs is 1. The van der Waals surface area contributed by atoms with E-state index in [-0.39, 0.29) is 13.1 Å². The second-order valence-electron chi connectivity index (χ2n) is 8.62. The van der Waals surface area contributed by atoms with Gasteiger partial charge in [-0.1, -0.05) is 17.7 Å². The lowest BCUT2D eigenvalue weighted by Crippen LogP contribution is -2.36. The zero-order valence-corrected chi connectivity index (χ0v) is 22.5. The molecule has 1 saturated heterocycles. The highest BCUT2D eigenvalue weighted by atomic mass is 35.5. The summed E-state index contributed by atoms with van der Waals surface area (Å²) in [5.74, 6) is 1.37. The molecular weight excluding hydrogens is 546 g/mol. The van der Waals surface area contributed by atoms with Gasteiger partial charge in [0.2, 0.25) is 0 Å². The lowest BCUT2D eigenvalue weighted by molar-refractivity contribution is 0.175. The molecular formula is C26H24ClN5O6S. The largest absolute Gasteiger partial charge is 0.497 e. The van der Waals surface area contributed by atoms with Gasteiger partial charge < -0.3 is 19.9 Å². The second-order valence-corrected chi connectivity index (χ2v) is 10.8. The summed E-state index contributed by atoms with van der Waals surface area (Å²) >= 11 is 6.28. The van der Waals surface area contributed by atoms with Crippen molar-refractivity contribution < 1.29 is 27.8 Å². The van der Waals surface area contributed by atoms with Crippen LogP contribution in [0.5, 0.6) is 11.5 Å². The van der Waals surface area contributed by atoms with Gasteiger partial charge in [0, 0.05) is 34.1 Å². The van der Waals surface area contributed by atoms with E-state index in [9.17, 15) is 18.3 Å². The Labute approximate surface area is 229 Å². The van der Waals surface area contributed by atoms with Crippen LogP contribution in [0.2, 0.25) is 5.02 Å². The van der Waals surface area contributed by atoms with Crippen LogP contribution in [-0.2, 0) is 16.8 Å². The SMILES string of the molecule is COc1ccc(CNc2cnnc3cc(-c4cc(Cl)ccc4N4CCN(C(=O)O)S4(=O)=O)ccc23)c(OC)c1. The molecule has 3 aromatic carbocycles. The van der Waals surface area contributed by atoms with Crippen LogP contribution in [0, 0.1) is 0 Å². The fourth-order valence-electron chi connectivity index (χ4n) is 4.48. The van der Waals surface area contributed by atoms with Gasteiger partial charge in [0.15, 0.2) is 0 Å². The molecule has 0 atom stereocenters. The number of aromatic nitrogens is 2. The number of hydrogen-bond donors (Lipinski definition) is 2. The molecule has 1 amide bonds. The third kappa shape index (κ3) is 4.95. The van der Waals surface area contributed by atoms with Crippen molar-refractivity contribution in [2.75, 3.05) is 36.9 Å². The predicted molar refractivity (Wildman–Crippen MR) is 148 cm³/mol. The van der Waals surface area contributed by atoms with E-state index < -0.39 is 16.3 Å². The Kier molecular flexibility index (Phi) is 7.06. The average molecular weight is 570 g/mol. The summed E-state index contributed by atoms with van der Waals surface area (Å²) < 4.78 is 38.1. The van der Waals surface area contributed by atoms with E-state index in [1.165, 1.54) is 0 Å². The van der Waals surface area contributed by atoms with E-state index in [1.54, 1.807) is 44.7 Å². The number of rotatable bonds is 7. The van der Waals surface area contributed by atoms with Gasteiger partial charge >= 0.3 is 16.3 Å². The lowest BCUT2D eigenvalue weighted by Gasteiger charge is -2.22. The van der Waals surface area contributed by atoms with Crippen LogP contribution in [0.25, 0.3) is 22.0 Å². The van der Waals surface area contributed by atoms with Gasteiger partial charge in [0.1, 0.15) is 11.5 Å². The van der Waals surface area contributed by atoms with Crippen LogP contribution in [-0.4, -0.2) is 61.4 Å². The Balaban J connectivity index is 1.49. The molecule has 0 unspecified atom stereocenters. The summed E-state index contributed by atoms with van der Waals surface area (Å²) in [7, 11) is -1.06. The van der Waals surface area contributed by atoms with E-state index in [4.69, 9.17) is 21.1 Å². The zero-order chi connectivity index (χ0) is 27.7. The Hall–Kier alpha value is -4.29. The number of halogens is 1. The molecule has 1 aromatic heterocycles. The maximum Gasteiger partial charge on any atom is 0.422 e. The van der Waals surface area contributed by atoms with Crippen molar-refractivity contribution in [3.8, 4) is 22.6 Å². The smallest absolute Gasteiger partial charge is 0.422 e. The maximum absolute atomic E-state index is 12.9. The predicted octanol–water partition coefficient (Wildman–Crippen LogP) is 4.62. The molecule has 0 bridgehead atoms. The van der Waals surface area contributed by atoms with Crippen molar-refractivity contribution in [3.63, 3.8) is 0 Å². The lowest BCUT2D eigenvalue weighted by atomic mass is 10.0. The maximum atomic E-state index is 12.9. The molecule has 2 heterocycles. The van der Waals surface area contributed by atoms with E-state index in [0.29, 0.717) is 49.7 Å². The van der Waals surface area contributed by atoms with Gasteiger partial charge in [-0.15, -0.1) is 0 Å². The van der Waals surface area contributed by atoms with Crippen molar-refractivity contribution in [2.24, 2.45) is 0 Å². The Morgan fingerprint density at radius 1 is 1.08 bits per heavy atom. The zero-order valence-electron chi connectivity index (χ0n) is 21.0. The van der Waals surface area contributed by atoms with Crippen LogP contribution in [0.4, 0.5) is 16.2 Å². The van der Waals surface area contributed by atoms with Crippen LogP contribution in [0.3, 0.4) is 0 Å². The molecule has 1 aliphatic heterocycles. The molecule has 5 rings (SSSR count). The quantitative estimate of drug-likeness (QED) is 0.327. The van der Waals surface area contributed by atoms with Crippen LogP contribution in [0.1, 0.15) is 5.56 Å². The minimum Gasteiger partial charge on any atom is -0.497 e. The number of nitrogens with one attached hydrogen (secondary N) is 1. The Bertz CT molecular complexity index is 1680. The van der Waals surface area contributed by atoms with E-state index in [1.807, 2.05) is 30.3 Å². The first-order valence-electron chi connectivity index (χ1n) is 11.8. The number of nitrogens with zero attached hydrogens (tertiary/aromatic N) is 4. The van der Waals surface area contributed by atoms with E-state index >= 15 is 0 Å². The number of ether oxygens (including phenoxy) is 2. The fraction of sp³-hybridized carbons (Fsp3) is 0.192. The molecule has 0 radical (unpaired) electrons. The Morgan fingerprint density at radius 2 is 1.90 bits per heavy atom. The molecule has 4 aromatic rings.